The van der Waals surface area contributed by atoms with Crippen LogP contribution in [0.15, 0.2) is 49.3 Å². The Labute approximate surface area is 180 Å². The molecule has 2 fully saturated rings. The summed E-state index contributed by atoms with van der Waals surface area (Å²) in [6.45, 7) is 4.45. The minimum absolute atomic E-state index is 0.00755. The molecule has 1 aromatic carbocycles. The van der Waals surface area contributed by atoms with Crippen LogP contribution in [0, 0.1) is 5.92 Å². The molecular weight excluding hydrogens is 396 g/mol. The lowest BCUT2D eigenvalue weighted by Gasteiger charge is -2.43. The fourth-order valence-electron chi connectivity index (χ4n) is 4.03. The van der Waals surface area contributed by atoms with Crippen molar-refractivity contribution in [1.82, 2.24) is 29.6 Å². The highest BCUT2D eigenvalue weighted by molar-refractivity contribution is 5.82. The molecule has 4 heterocycles. The summed E-state index contributed by atoms with van der Waals surface area (Å²) in [5.74, 6) is 2.54. The van der Waals surface area contributed by atoms with E-state index in [1.165, 1.54) is 12.7 Å². The number of ether oxygens (including phenoxy) is 1. The van der Waals surface area contributed by atoms with Crippen molar-refractivity contribution < 1.29 is 9.53 Å². The van der Waals surface area contributed by atoms with Gasteiger partial charge in [-0.05, 0) is 12.1 Å². The van der Waals surface area contributed by atoms with E-state index in [4.69, 9.17) is 4.74 Å². The molecule has 0 spiro atoms. The molecule has 5 rings (SSSR count). The van der Waals surface area contributed by atoms with E-state index in [0.717, 1.165) is 43.4 Å². The van der Waals surface area contributed by atoms with Gasteiger partial charge in [-0.25, -0.2) is 19.6 Å². The Bertz CT molecular complexity index is 1040. The number of amides is 1. The predicted octanol–water partition coefficient (Wildman–Crippen LogP) is 0.851. The van der Waals surface area contributed by atoms with Gasteiger partial charge in [0.1, 0.15) is 30.5 Å². The molecule has 0 atom stereocenters. The molecule has 2 saturated heterocycles. The molecule has 0 unspecified atom stereocenters. The zero-order chi connectivity index (χ0) is 21.2. The highest BCUT2D eigenvalue weighted by atomic mass is 16.5. The third kappa shape index (κ3) is 3.88. The highest BCUT2D eigenvalue weighted by Crippen LogP contribution is 2.26. The molecule has 10 nitrogen and oxygen atoms in total. The van der Waals surface area contributed by atoms with Gasteiger partial charge in [-0.2, -0.15) is 5.10 Å². The Balaban J connectivity index is 1.15. The zero-order valence-corrected chi connectivity index (χ0v) is 17.3. The Morgan fingerprint density at radius 3 is 2.55 bits per heavy atom. The molecule has 31 heavy (non-hydrogen) atoms. The number of hydrogen-bond acceptors (Lipinski definition) is 8. The summed E-state index contributed by atoms with van der Waals surface area (Å²) in [5.41, 5.74) is 1.13. The number of aromatic nitrogens is 5. The van der Waals surface area contributed by atoms with Crippen LogP contribution in [0.2, 0.25) is 0 Å². The summed E-state index contributed by atoms with van der Waals surface area (Å²) in [5, 5.41) is 4.10. The van der Waals surface area contributed by atoms with Crippen LogP contribution in [0.1, 0.15) is 0 Å². The van der Waals surface area contributed by atoms with Crippen molar-refractivity contribution in [3.63, 3.8) is 0 Å². The smallest absolute Gasteiger partial charge is 0.229 e. The third-order valence-corrected chi connectivity index (χ3v) is 5.86. The van der Waals surface area contributed by atoms with E-state index >= 15 is 0 Å². The summed E-state index contributed by atoms with van der Waals surface area (Å²) in [7, 11) is 1.68. The minimum Gasteiger partial charge on any atom is -0.497 e. The number of methoxy groups -OCH3 is 1. The summed E-state index contributed by atoms with van der Waals surface area (Å²) >= 11 is 0. The molecule has 0 aliphatic carbocycles. The van der Waals surface area contributed by atoms with Gasteiger partial charge < -0.3 is 19.4 Å². The second-order valence-corrected chi connectivity index (χ2v) is 7.69. The maximum atomic E-state index is 13.0. The van der Waals surface area contributed by atoms with E-state index in [9.17, 15) is 4.79 Å². The molecule has 160 valence electrons. The monoisotopic (exact) mass is 420 g/mol. The number of benzene rings is 1. The Morgan fingerprint density at radius 2 is 1.81 bits per heavy atom. The van der Waals surface area contributed by atoms with Crippen LogP contribution in [0.3, 0.4) is 0 Å². The lowest BCUT2D eigenvalue weighted by Crippen LogP contribution is -2.58. The Morgan fingerprint density at radius 1 is 1.00 bits per heavy atom. The molecule has 0 N–H and O–H groups in total. The Hall–Kier alpha value is -3.69. The second kappa shape index (κ2) is 8.21. The van der Waals surface area contributed by atoms with Crippen molar-refractivity contribution >= 4 is 17.4 Å². The van der Waals surface area contributed by atoms with E-state index in [-0.39, 0.29) is 11.8 Å². The van der Waals surface area contributed by atoms with Crippen LogP contribution < -0.4 is 14.5 Å². The third-order valence-electron chi connectivity index (χ3n) is 5.86. The molecule has 10 heteroatoms. The molecule has 3 aromatic rings. The first-order valence-electron chi connectivity index (χ1n) is 10.3. The topological polar surface area (TPSA) is 92.5 Å². The van der Waals surface area contributed by atoms with Crippen molar-refractivity contribution in [2.75, 3.05) is 56.2 Å². The van der Waals surface area contributed by atoms with Crippen LogP contribution in [0.5, 0.6) is 5.75 Å². The van der Waals surface area contributed by atoms with Gasteiger partial charge in [0.25, 0.3) is 0 Å². The Kier molecular flexibility index (Phi) is 5.11. The van der Waals surface area contributed by atoms with Crippen LogP contribution >= 0.6 is 0 Å². The number of hydrogen-bond donors (Lipinski definition) is 0. The van der Waals surface area contributed by atoms with Crippen molar-refractivity contribution in [1.29, 1.82) is 0 Å². The maximum Gasteiger partial charge on any atom is 0.229 e. The molecule has 1 amide bonds. The fraction of sp³-hybridized carbons (Fsp3) is 0.381. The normalized spacial score (nSPS) is 16.9. The summed E-state index contributed by atoms with van der Waals surface area (Å²) < 4.78 is 6.91. The average Bonchev–Trinajstić information content (AvgIpc) is 3.33. The van der Waals surface area contributed by atoms with Gasteiger partial charge in [0.15, 0.2) is 5.82 Å². The van der Waals surface area contributed by atoms with Crippen molar-refractivity contribution in [2.45, 2.75) is 0 Å². The van der Waals surface area contributed by atoms with Gasteiger partial charge >= 0.3 is 0 Å². The van der Waals surface area contributed by atoms with Gasteiger partial charge in [0, 0.05) is 57.1 Å². The van der Waals surface area contributed by atoms with Crippen LogP contribution in [-0.4, -0.2) is 81.9 Å². The van der Waals surface area contributed by atoms with E-state index < -0.39 is 0 Å². The van der Waals surface area contributed by atoms with E-state index in [0.29, 0.717) is 18.9 Å². The summed E-state index contributed by atoms with van der Waals surface area (Å²) in [6.07, 6.45) is 4.58. The summed E-state index contributed by atoms with van der Waals surface area (Å²) in [4.78, 5) is 31.9. The first-order chi connectivity index (χ1) is 15.2. The minimum atomic E-state index is 0.00755. The zero-order valence-electron chi connectivity index (χ0n) is 17.3. The molecule has 0 bridgehead atoms. The maximum absolute atomic E-state index is 13.0. The largest absolute Gasteiger partial charge is 0.497 e. The number of carbonyl (C=O) groups excluding carboxylic acids is 1. The number of nitrogens with zero attached hydrogens (tertiary/aromatic N) is 8. The number of rotatable bonds is 5. The van der Waals surface area contributed by atoms with Gasteiger partial charge in [-0.3, -0.25) is 4.79 Å². The molecular formula is C21H24N8O2. The lowest BCUT2D eigenvalue weighted by molar-refractivity contribution is -0.136. The first kappa shape index (κ1) is 19.3. The van der Waals surface area contributed by atoms with Gasteiger partial charge in [0.05, 0.1) is 13.0 Å². The van der Waals surface area contributed by atoms with Crippen LogP contribution in [-0.2, 0) is 4.79 Å². The van der Waals surface area contributed by atoms with Crippen LogP contribution in [0.25, 0.3) is 5.82 Å². The van der Waals surface area contributed by atoms with E-state index in [2.05, 4.69) is 35.9 Å². The standard InChI is InChI=1S/C21H24N8O2/c1-31-18-4-2-3-17(9-18)26-5-7-27(8-6-26)21(30)16-11-28(12-16)19-10-20(24-14-23-19)29-15-22-13-25-29/h2-4,9-10,13-16H,5-8,11-12H2,1H3. The molecule has 0 radical (unpaired) electrons. The molecule has 2 aliphatic rings. The van der Waals surface area contributed by atoms with Crippen LogP contribution in [0.4, 0.5) is 11.5 Å². The average molecular weight is 420 g/mol. The quantitative estimate of drug-likeness (QED) is 0.600. The van der Waals surface area contributed by atoms with Crippen molar-refractivity contribution in [2.24, 2.45) is 5.92 Å². The highest BCUT2D eigenvalue weighted by Gasteiger charge is 2.37. The number of piperazine rings is 1. The SMILES string of the molecule is COc1cccc(N2CCN(C(=O)C3CN(c4cc(-n5cncn5)ncn4)C3)CC2)c1. The van der Waals surface area contributed by atoms with Gasteiger partial charge in [-0.1, -0.05) is 6.07 Å². The summed E-state index contributed by atoms with van der Waals surface area (Å²) in [6, 6.07) is 9.92. The first-order valence-corrected chi connectivity index (χ1v) is 10.3. The number of carbonyl (C=O) groups is 1. The van der Waals surface area contributed by atoms with E-state index in [1.54, 1.807) is 18.1 Å². The van der Waals surface area contributed by atoms with Gasteiger partial charge in [0.2, 0.25) is 5.91 Å². The van der Waals surface area contributed by atoms with E-state index in [1.807, 2.05) is 29.2 Å². The fourth-order valence-corrected chi connectivity index (χ4v) is 4.03. The molecule has 0 saturated carbocycles. The predicted molar refractivity (Wildman–Crippen MR) is 114 cm³/mol. The lowest BCUT2D eigenvalue weighted by atomic mass is 9.98. The second-order valence-electron chi connectivity index (χ2n) is 7.69. The molecule has 2 aliphatic heterocycles. The van der Waals surface area contributed by atoms with Crippen molar-refractivity contribution in [3.8, 4) is 11.6 Å². The molecule has 2 aromatic heterocycles. The van der Waals surface area contributed by atoms with Gasteiger partial charge in [-0.15, -0.1) is 0 Å². The number of anilines is 2. The van der Waals surface area contributed by atoms with Crippen molar-refractivity contribution in [3.05, 3.63) is 49.3 Å².